The van der Waals surface area contributed by atoms with Crippen LogP contribution in [0.3, 0.4) is 0 Å². The van der Waals surface area contributed by atoms with Crippen LogP contribution in [0.5, 0.6) is 0 Å². The molecule has 0 aliphatic carbocycles. The molecule has 5 atom stereocenters. The maximum Gasteiger partial charge on any atom is 0.472 e. The minimum atomic E-state index is -4.94. The largest absolute Gasteiger partial charge is 0.472 e. The number of unbranched alkanes of at least 4 members (excludes halogenated alkanes) is 36. The number of phosphoric ester groups is 2. The molecule has 0 amide bonds. The number of esters is 3. The van der Waals surface area contributed by atoms with Crippen molar-refractivity contribution < 1.29 is 75.8 Å². The Morgan fingerprint density at radius 2 is 0.476 bits per heavy atom. The minimum absolute atomic E-state index is 0.0855. The van der Waals surface area contributed by atoms with E-state index in [1.54, 1.807) is 0 Å². The monoisotopic (exact) mass is 1520 g/mol. The van der Waals surface area contributed by atoms with E-state index < -0.39 is 91.5 Å². The van der Waals surface area contributed by atoms with Gasteiger partial charge in [0.15, 0.2) is 6.10 Å². The average Bonchev–Trinajstić information content (AvgIpc) is 0.915. The van der Waals surface area contributed by atoms with Gasteiger partial charge in [-0.3, -0.25) is 32.5 Å². The first kappa shape index (κ1) is 101. The molecule has 0 rings (SSSR count). The number of aliphatic hydroxyl groups is 2. The summed E-state index contributed by atoms with van der Waals surface area (Å²) in [7, 11) is -9.80. The summed E-state index contributed by atoms with van der Waals surface area (Å²) in [4.78, 5) is 58.8. The standard InChI is InChI=1S/C87H152O16P2/c1-4-7-10-13-16-19-22-25-28-31-34-35-36-37-38-39-40-41-42-43-44-45-48-50-52-55-58-61-64-67-70-73-85(90)97-76-82(88)77-99-104(93,94)100-78-83(89)79-101-105(95,96)102-81-84(103-87(92)75-72-69-66-63-60-57-54-51-47-33-30-27-24-21-18-15-12-9-6-3)80-98-86(91)74-71-68-65-62-59-56-53-49-46-32-29-26-23-20-17-14-11-8-5-2/h16-21,25-30,34-35,37-38,46-47,49,51,82-84,88-89H,4-15,22-24,31-33,36,39-45,48,50,52-81H2,1-3H3,(H,93,94)(H,95,96)/b19-16-,20-17-,21-18-,28-25-,29-26-,30-27-,35-34-,38-37-,49-46-,51-47-. The summed E-state index contributed by atoms with van der Waals surface area (Å²) >= 11 is 0. The molecule has 606 valence electrons. The van der Waals surface area contributed by atoms with Crippen molar-refractivity contribution in [3.05, 3.63) is 122 Å². The predicted octanol–water partition coefficient (Wildman–Crippen LogP) is 24.9. The summed E-state index contributed by atoms with van der Waals surface area (Å²) in [5, 5.41) is 20.7. The number of rotatable bonds is 79. The third-order valence-corrected chi connectivity index (χ3v) is 19.5. The van der Waals surface area contributed by atoms with Crippen molar-refractivity contribution in [2.45, 2.75) is 373 Å². The lowest BCUT2D eigenvalue weighted by molar-refractivity contribution is -0.161. The van der Waals surface area contributed by atoms with E-state index in [1.165, 1.54) is 141 Å². The topological polar surface area (TPSA) is 231 Å². The van der Waals surface area contributed by atoms with E-state index in [1.807, 2.05) is 0 Å². The van der Waals surface area contributed by atoms with E-state index in [4.69, 9.17) is 32.3 Å². The second kappa shape index (κ2) is 79.5. The molecule has 0 aliphatic rings. The van der Waals surface area contributed by atoms with Crippen molar-refractivity contribution in [2.75, 3.05) is 39.6 Å². The first-order valence-corrected chi connectivity index (χ1v) is 44.8. The van der Waals surface area contributed by atoms with Gasteiger partial charge in [0.05, 0.1) is 26.4 Å². The zero-order valence-electron chi connectivity index (χ0n) is 66.4. The first-order chi connectivity index (χ1) is 51.2. The van der Waals surface area contributed by atoms with E-state index in [0.717, 1.165) is 154 Å². The molecule has 105 heavy (non-hydrogen) atoms. The van der Waals surface area contributed by atoms with E-state index in [9.17, 15) is 43.5 Å². The van der Waals surface area contributed by atoms with Crippen LogP contribution in [-0.4, -0.2) is 95.9 Å². The van der Waals surface area contributed by atoms with Gasteiger partial charge in [0.2, 0.25) is 0 Å². The van der Waals surface area contributed by atoms with Crippen molar-refractivity contribution >= 4 is 33.6 Å². The second-order valence-corrected chi connectivity index (χ2v) is 30.8. The van der Waals surface area contributed by atoms with Crippen molar-refractivity contribution in [3.63, 3.8) is 0 Å². The molecule has 0 saturated carbocycles. The molecule has 0 aromatic rings. The molecule has 18 heteroatoms. The van der Waals surface area contributed by atoms with E-state index in [-0.39, 0.29) is 19.3 Å². The number of carbonyl (C=O) groups excluding carboxylic acids is 3. The highest BCUT2D eigenvalue weighted by atomic mass is 31.2. The van der Waals surface area contributed by atoms with E-state index in [2.05, 4.69) is 142 Å². The number of hydrogen-bond acceptors (Lipinski definition) is 14. The zero-order chi connectivity index (χ0) is 76.6. The van der Waals surface area contributed by atoms with Gasteiger partial charge >= 0.3 is 33.6 Å². The van der Waals surface area contributed by atoms with Gasteiger partial charge in [-0.05, 0) is 141 Å². The number of hydrogen-bond donors (Lipinski definition) is 4. The number of allylic oxidation sites excluding steroid dienone is 20. The Morgan fingerprint density at radius 3 is 0.752 bits per heavy atom. The zero-order valence-corrected chi connectivity index (χ0v) is 68.2. The average molecular weight is 1520 g/mol. The Balaban J connectivity index is 4.54. The lowest BCUT2D eigenvalue weighted by Crippen LogP contribution is -2.30. The number of ether oxygens (including phenoxy) is 3. The van der Waals surface area contributed by atoms with Crippen LogP contribution >= 0.6 is 15.6 Å². The summed E-state index contributed by atoms with van der Waals surface area (Å²) in [6.45, 7) is 2.60. The smallest absolute Gasteiger partial charge is 0.463 e. The summed E-state index contributed by atoms with van der Waals surface area (Å²) in [6, 6.07) is 0. The predicted molar refractivity (Wildman–Crippen MR) is 436 cm³/mol. The van der Waals surface area contributed by atoms with Gasteiger partial charge in [-0.1, -0.05) is 316 Å². The van der Waals surface area contributed by atoms with Crippen molar-refractivity contribution in [1.82, 2.24) is 0 Å². The first-order valence-electron chi connectivity index (χ1n) is 41.8. The number of phosphoric acid groups is 2. The SMILES string of the molecule is CCCCC/C=C\C/C=C\C/C=C\C/C=C\CCCCCCCCCCCCCCCCCC(=O)OCC(O)COP(=O)(O)OCC(O)COP(=O)(O)OCC(COC(=O)CCCCCCCC/C=C\C/C=C\C/C=C\CCCCC)OC(=O)CCCCCCCC/C=C\C/C=C\C/C=C\CCCCC. The van der Waals surface area contributed by atoms with Gasteiger partial charge in [-0.25, -0.2) is 9.13 Å². The third-order valence-electron chi connectivity index (χ3n) is 17.6. The van der Waals surface area contributed by atoms with Gasteiger partial charge in [0.25, 0.3) is 0 Å². The van der Waals surface area contributed by atoms with Gasteiger partial charge in [0.1, 0.15) is 25.4 Å². The summed E-state index contributed by atoms with van der Waals surface area (Å²) in [5.41, 5.74) is 0. The quantitative estimate of drug-likeness (QED) is 0.0146. The lowest BCUT2D eigenvalue weighted by Gasteiger charge is -2.21. The van der Waals surface area contributed by atoms with Crippen LogP contribution in [-0.2, 0) is 55.8 Å². The molecular formula is C87H152O16P2. The maximum atomic E-state index is 13.0. The van der Waals surface area contributed by atoms with Crippen LogP contribution in [0, 0.1) is 0 Å². The highest BCUT2D eigenvalue weighted by Gasteiger charge is 2.29. The molecule has 0 aliphatic heterocycles. The minimum Gasteiger partial charge on any atom is -0.463 e. The lowest BCUT2D eigenvalue weighted by atomic mass is 10.0. The van der Waals surface area contributed by atoms with Crippen LogP contribution in [0.25, 0.3) is 0 Å². The van der Waals surface area contributed by atoms with Gasteiger partial charge in [0, 0.05) is 19.3 Å². The summed E-state index contributed by atoms with van der Waals surface area (Å²) in [6.07, 6.45) is 95.2. The fourth-order valence-corrected chi connectivity index (χ4v) is 12.8. The Hall–Kier alpha value is -4.05. The van der Waals surface area contributed by atoms with Crippen LogP contribution in [0.4, 0.5) is 0 Å². The molecule has 0 saturated heterocycles. The van der Waals surface area contributed by atoms with Crippen molar-refractivity contribution in [2.24, 2.45) is 0 Å². The van der Waals surface area contributed by atoms with Crippen LogP contribution in [0.1, 0.15) is 355 Å². The van der Waals surface area contributed by atoms with Crippen LogP contribution < -0.4 is 0 Å². The van der Waals surface area contributed by atoms with E-state index in [0.29, 0.717) is 19.3 Å². The molecule has 0 aromatic carbocycles. The molecular weight excluding hydrogens is 1360 g/mol. The molecule has 0 spiro atoms. The molecule has 0 radical (unpaired) electrons. The second-order valence-electron chi connectivity index (χ2n) is 27.9. The summed E-state index contributed by atoms with van der Waals surface area (Å²) < 4.78 is 61.2. The highest BCUT2D eigenvalue weighted by molar-refractivity contribution is 7.47. The Labute approximate surface area is 640 Å². The fraction of sp³-hybridized carbons (Fsp3) is 0.736. The summed E-state index contributed by atoms with van der Waals surface area (Å²) in [5.74, 6) is -1.60. The molecule has 4 N–H and O–H groups in total. The maximum absolute atomic E-state index is 13.0. The van der Waals surface area contributed by atoms with E-state index >= 15 is 0 Å². The third kappa shape index (κ3) is 80.8. The van der Waals surface area contributed by atoms with Gasteiger partial charge < -0.3 is 34.2 Å². The molecule has 16 nitrogen and oxygen atoms in total. The molecule has 0 heterocycles. The van der Waals surface area contributed by atoms with Crippen molar-refractivity contribution in [1.29, 1.82) is 0 Å². The number of aliphatic hydroxyl groups excluding tert-OH is 2. The highest BCUT2D eigenvalue weighted by Crippen LogP contribution is 2.45. The van der Waals surface area contributed by atoms with Gasteiger partial charge in [-0.15, -0.1) is 0 Å². The number of carbonyl (C=O) groups is 3. The normalized spacial score (nSPS) is 14.5. The Kier molecular flexibility index (Phi) is 76.4. The molecule has 0 fully saturated rings. The molecule has 0 bridgehead atoms. The Morgan fingerprint density at radius 1 is 0.267 bits per heavy atom. The van der Waals surface area contributed by atoms with Crippen LogP contribution in [0.15, 0.2) is 122 Å². The molecule has 0 aromatic heterocycles. The van der Waals surface area contributed by atoms with Gasteiger partial charge in [-0.2, -0.15) is 0 Å². The fourth-order valence-electron chi connectivity index (χ4n) is 11.2. The van der Waals surface area contributed by atoms with Crippen molar-refractivity contribution in [3.8, 4) is 0 Å². The Bertz CT molecular complexity index is 2390. The van der Waals surface area contributed by atoms with Crippen LogP contribution in [0.2, 0.25) is 0 Å². The molecule has 5 unspecified atom stereocenters.